The first-order chi connectivity index (χ1) is 14.5. The maximum atomic E-state index is 13.2. The largest absolute Gasteiger partial charge is 0.301 e. The third-order valence-electron chi connectivity index (χ3n) is 6.26. The number of aromatic amines is 1. The molecule has 1 spiro atoms. The Morgan fingerprint density at radius 1 is 1.10 bits per heavy atom. The number of thioether (sulfide) groups is 1. The number of fused-ring (bicyclic) bond motifs is 4. The van der Waals surface area contributed by atoms with E-state index in [4.69, 9.17) is 16.6 Å². The van der Waals surface area contributed by atoms with Crippen molar-refractivity contribution in [3.8, 4) is 11.3 Å². The molecule has 4 nitrogen and oxygen atoms in total. The minimum Gasteiger partial charge on any atom is -0.301 e. The number of H-pyrrole nitrogens is 1. The maximum absolute atomic E-state index is 13.2. The Labute approximate surface area is 184 Å². The third kappa shape index (κ3) is 3.50. The lowest BCUT2D eigenvalue weighted by molar-refractivity contribution is -0.110. The van der Waals surface area contributed by atoms with Gasteiger partial charge in [-0.1, -0.05) is 60.8 Å². The molecule has 1 aromatic heterocycles. The van der Waals surface area contributed by atoms with Crippen molar-refractivity contribution >= 4 is 28.5 Å². The highest BCUT2D eigenvalue weighted by atomic mass is 35.5. The second kappa shape index (κ2) is 7.71. The van der Waals surface area contributed by atoms with Crippen molar-refractivity contribution in [3.05, 3.63) is 80.6 Å². The van der Waals surface area contributed by atoms with Crippen molar-refractivity contribution in [2.75, 3.05) is 0 Å². The van der Waals surface area contributed by atoms with Gasteiger partial charge in [-0.05, 0) is 54.3 Å². The van der Waals surface area contributed by atoms with Gasteiger partial charge in [0.05, 0.1) is 11.3 Å². The highest BCUT2D eigenvalue weighted by Gasteiger charge is 2.43. The van der Waals surface area contributed by atoms with E-state index < -0.39 is 0 Å². The lowest BCUT2D eigenvalue weighted by Gasteiger charge is -2.35. The molecule has 152 valence electrons. The molecule has 5 rings (SSSR count). The quantitative estimate of drug-likeness (QED) is 0.446. The molecule has 0 bridgehead atoms. The predicted octanol–water partition coefficient (Wildman–Crippen LogP) is 5.32. The van der Waals surface area contributed by atoms with Crippen LogP contribution in [0.25, 0.3) is 11.3 Å². The summed E-state index contributed by atoms with van der Waals surface area (Å²) in [5, 5.41) is 0.932. The van der Waals surface area contributed by atoms with Crippen molar-refractivity contribution in [3.63, 3.8) is 0 Å². The highest BCUT2D eigenvalue weighted by molar-refractivity contribution is 8.13. The van der Waals surface area contributed by atoms with E-state index in [2.05, 4.69) is 11.1 Å². The van der Waals surface area contributed by atoms with Crippen molar-refractivity contribution in [2.45, 2.75) is 49.1 Å². The molecular formula is C24H21ClN2O2S. The van der Waals surface area contributed by atoms with Crippen LogP contribution in [0.15, 0.2) is 58.5 Å². The van der Waals surface area contributed by atoms with Crippen molar-refractivity contribution < 1.29 is 4.79 Å². The average molecular weight is 437 g/mol. The van der Waals surface area contributed by atoms with Crippen LogP contribution in [0.3, 0.4) is 0 Å². The number of carbonyl (C=O) groups excluding carboxylic acids is 1. The minimum atomic E-state index is -0.124. The number of benzene rings is 2. The van der Waals surface area contributed by atoms with Gasteiger partial charge in [-0.3, -0.25) is 9.59 Å². The molecule has 2 aliphatic carbocycles. The van der Waals surface area contributed by atoms with Crippen LogP contribution in [-0.2, 0) is 23.1 Å². The van der Waals surface area contributed by atoms with Gasteiger partial charge in [0.1, 0.15) is 0 Å². The van der Waals surface area contributed by atoms with E-state index >= 15 is 0 Å². The molecule has 6 heteroatoms. The lowest BCUT2D eigenvalue weighted by atomic mass is 9.68. The van der Waals surface area contributed by atoms with Crippen LogP contribution in [0.5, 0.6) is 0 Å². The monoisotopic (exact) mass is 436 g/mol. The van der Waals surface area contributed by atoms with E-state index in [1.807, 2.05) is 30.3 Å². The lowest BCUT2D eigenvalue weighted by Crippen LogP contribution is -2.37. The van der Waals surface area contributed by atoms with Crippen LogP contribution in [0.1, 0.15) is 42.4 Å². The molecule has 2 aromatic carbocycles. The standard InChI is InChI=1S/C24H21ClN2O2S/c25-17-9-7-15(8-10-17)13-19(28)30-23-26-21-18-6-2-1-5-16(18)14-24(11-3-4-12-24)20(21)22(29)27-23/h1-2,5-10H,3-4,11-14H2,(H,26,27,29). The van der Waals surface area contributed by atoms with E-state index in [1.54, 1.807) is 12.1 Å². The van der Waals surface area contributed by atoms with Crippen molar-refractivity contribution in [1.82, 2.24) is 9.97 Å². The van der Waals surface area contributed by atoms with E-state index in [0.717, 1.165) is 66.3 Å². The summed E-state index contributed by atoms with van der Waals surface area (Å²) in [6, 6.07) is 15.4. The number of rotatable bonds is 3. The second-order valence-electron chi connectivity index (χ2n) is 8.19. The molecule has 0 aliphatic heterocycles. The summed E-state index contributed by atoms with van der Waals surface area (Å²) in [5.41, 5.74) is 4.49. The molecular weight excluding hydrogens is 416 g/mol. The molecule has 1 N–H and O–H groups in total. The number of halogens is 1. The molecule has 0 atom stereocenters. The van der Waals surface area contributed by atoms with Crippen LogP contribution in [0, 0.1) is 0 Å². The summed E-state index contributed by atoms with van der Waals surface area (Å²) in [5.74, 6) is 0. The van der Waals surface area contributed by atoms with E-state index in [9.17, 15) is 9.59 Å². The molecule has 0 amide bonds. The SMILES string of the molecule is O=C(Cc1ccc(Cl)cc1)Sc1nc2c(c(=O)[nH]1)C1(CCCC1)Cc1ccccc1-2. The maximum Gasteiger partial charge on any atom is 0.255 e. The average Bonchev–Trinajstić information content (AvgIpc) is 3.18. The molecule has 1 heterocycles. The van der Waals surface area contributed by atoms with Crippen molar-refractivity contribution in [1.29, 1.82) is 0 Å². The van der Waals surface area contributed by atoms with Gasteiger partial charge in [0.15, 0.2) is 5.16 Å². The summed E-state index contributed by atoms with van der Waals surface area (Å²) in [7, 11) is 0. The minimum absolute atomic E-state index is 0.0694. The fourth-order valence-electron chi connectivity index (χ4n) is 4.94. The van der Waals surface area contributed by atoms with Gasteiger partial charge in [0, 0.05) is 22.4 Å². The number of hydrogen-bond acceptors (Lipinski definition) is 4. The first-order valence-corrected chi connectivity index (χ1v) is 11.4. The van der Waals surface area contributed by atoms with Gasteiger partial charge >= 0.3 is 0 Å². The van der Waals surface area contributed by atoms with Crippen LogP contribution in [0.2, 0.25) is 5.02 Å². The Hall–Kier alpha value is -2.37. The fourth-order valence-corrected chi connectivity index (χ4v) is 5.80. The van der Waals surface area contributed by atoms with Gasteiger partial charge in [0.2, 0.25) is 5.12 Å². The van der Waals surface area contributed by atoms with Gasteiger partial charge in [0.25, 0.3) is 5.56 Å². The van der Waals surface area contributed by atoms with Crippen LogP contribution in [0.4, 0.5) is 0 Å². The number of hydrogen-bond donors (Lipinski definition) is 1. The molecule has 0 radical (unpaired) electrons. The summed E-state index contributed by atoms with van der Waals surface area (Å²) in [6.07, 6.45) is 5.45. The fraction of sp³-hybridized carbons (Fsp3) is 0.292. The third-order valence-corrected chi connectivity index (χ3v) is 7.27. The Balaban J connectivity index is 1.51. The number of nitrogens with zero attached hydrogens (tertiary/aromatic N) is 1. The zero-order chi connectivity index (χ0) is 20.7. The molecule has 0 unspecified atom stereocenters. The summed E-state index contributed by atoms with van der Waals surface area (Å²) < 4.78 is 0. The normalized spacial score (nSPS) is 16.3. The summed E-state index contributed by atoms with van der Waals surface area (Å²) in [4.78, 5) is 33.5. The number of aromatic nitrogens is 2. The van der Waals surface area contributed by atoms with Crippen LogP contribution >= 0.6 is 23.4 Å². The Kier molecular flexibility index (Phi) is 5.03. The van der Waals surface area contributed by atoms with Gasteiger partial charge < -0.3 is 4.98 Å². The smallest absolute Gasteiger partial charge is 0.255 e. The topological polar surface area (TPSA) is 62.8 Å². The molecule has 0 saturated heterocycles. The Morgan fingerprint density at radius 2 is 1.83 bits per heavy atom. The van der Waals surface area contributed by atoms with Gasteiger partial charge in [-0.2, -0.15) is 0 Å². The van der Waals surface area contributed by atoms with Crippen LogP contribution in [-0.4, -0.2) is 15.1 Å². The van der Waals surface area contributed by atoms with E-state index in [-0.39, 0.29) is 22.5 Å². The first kappa shape index (κ1) is 19.6. The van der Waals surface area contributed by atoms with Crippen LogP contribution < -0.4 is 5.56 Å². The predicted molar refractivity (Wildman–Crippen MR) is 120 cm³/mol. The molecule has 1 saturated carbocycles. The Morgan fingerprint density at radius 3 is 2.60 bits per heavy atom. The molecule has 3 aromatic rings. The molecule has 30 heavy (non-hydrogen) atoms. The number of carbonyl (C=O) groups is 1. The van der Waals surface area contributed by atoms with Gasteiger partial charge in [-0.25, -0.2) is 4.98 Å². The second-order valence-corrected chi connectivity index (χ2v) is 9.68. The first-order valence-electron chi connectivity index (χ1n) is 10.2. The van der Waals surface area contributed by atoms with Gasteiger partial charge in [-0.15, -0.1) is 0 Å². The highest BCUT2D eigenvalue weighted by Crippen LogP contribution is 2.49. The molecule has 1 fully saturated rings. The van der Waals surface area contributed by atoms with Crippen molar-refractivity contribution in [2.24, 2.45) is 0 Å². The zero-order valence-corrected chi connectivity index (χ0v) is 18.0. The summed E-state index contributed by atoms with van der Waals surface area (Å²) >= 11 is 6.91. The Bertz CT molecular complexity index is 1180. The van der Waals surface area contributed by atoms with E-state index in [0.29, 0.717) is 10.2 Å². The van der Waals surface area contributed by atoms with E-state index in [1.165, 1.54) is 5.56 Å². The molecule has 2 aliphatic rings. The summed E-state index contributed by atoms with van der Waals surface area (Å²) in [6.45, 7) is 0. The number of nitrogens with one attached hydrogen (secondary N) is 1. The zero-order valence-electron chi connectivity index (χ0n) is 16.4.